The molecular formula is C17H24N6O2S. The Balaban J connectivity index is 1.42. The fraction of sp³-hybridized carbons (Fsp3) is 0.588. The van der Waals surface area contributed by atoms with Crippen LogP contribution in [0, 0.1) is 0 Å². The molecule has 4 rings (SSSR count). The standard InChI is InChI=1S/C17H24N6O2S/c24-26(25,22-8-2-1-3-9-22)16-4-5-17(19-12-16)21-10-6-15(7-11-21)23-14-18-13-20-23/h4-5,12-15H,1-3,6-11H2. The molecule has 2 aliphatic heterocycles. The van der Waals surface area contributed by atoms with Crippen molar-refractivity contribution in [2.45, 2.75) is 43.0 Å². The zero-order chi connectivity index (χ0) is 18.0. The van der Waals surface area contributed by atoms with E-state index in [4.69, 9.17) is 0 Å². The van der Waals surface area contributed by atoms with Gasteiger partial charge in [-0.25, -0.2) is 23.1 Å². The van der Waals surface area contributed by atoms with Gasteiger partial charge in [-0.05, 0) is 37.8 Å². The van der Waals surface area contributed by atoms with Crippen molar-refractivity contribution < 1.29 is 8.42 Å². The Labute approximate surface area is 153 Å². The lowest BCUT2D eigenvalue weighted by Gasteiger charge is -2.32. The molecule has 0 amide bonds. The lowest BCUT2D eigenvalue weighted by molar-refractivity contribution is 0.346. The number of pyridine rings is 1. The van der Waals surface area contributed by atoms with Crippen LogP contribution in [0.4, 0.5) is 5.82 Å². The van der Waals surface area contributed by atoms with E-state index in [0.29, 0.717) is 24.0 Å². The first-order chi connectivity index (χ1) is 12.6. The number of rotatable bonds is 4. The molecule has 26 heavy (non-hydrogen) atoms. The van der Waals surface area contributed by atoms with E-state index < -0.39 is 10.0 Å². The molecular weight excluding hydrogens is 352 g/mol. The number of aromatic nitrogens is 4. The average molecular weight is 376 g/mol. The largest absolute Gasteiger partial charge is 0.356 e. The van der Waals surface area contributed by atoms with Gasteiger partial charge < -0.3 is 4.90 Å². The maximum atomic E-state index is 12.7. The first-order valence-electron chi connectivity index (χ1n) is 9.20. The van der Waals surface area contributed by atoms with E-state index in [1.54, 1.807) is 23.0 Å². The zero-order valence-electron chi connectivity index (χ0n) is 14.7. The topological polar surface area (TPSA) is 84.2 Å². The molecule has 4 heterocycles. The third kappa shape index (κ3) is 3.45. The molecule has 0 aromatic carbocycles. The van der Waals surface area contributed by atoms with E-state index in [1.165, 1.54) is 6.20 Å². The van der Waals surface area contributed by atoms with E-state index >= 15 is 0 Å². The van der Waals surface area contributed by atoms with Crippen molar-refractivity contribution in [3.63, 3.8) is 0 Å². The highest BCUT2D eigenvalue weighted by molar-refractivity contribution is 7.89. The minimum atomic E-state index is -3.41. The van der Waals surface area contributed by atoms with Crippen LogP contribution in [-0.2, 0) is 10.0 Å². The number of piperidine rings is 2. The minimum absolute atomic E-state index is 0.292. The highest BCUT2D eigenvalue weighted by Gasteiger charge is 2.27. The smallest absolute Gasteiger partial charge is 0.244 e. The van der Waals surface area contributed by atoms with Gasteiger partial charge in [-0.15, -0.1) is 0 Å². The van der Waals surface area contributed by atoms with E-state index in [2.05, 4.69) is 20.0 Å². The van der Waals surface area contributed by atoms with Crippen molar-refractivity contribution in [1.29, 1.82) is 0 Å². The molecule has 0 N–H and O–H groups in total. The van der Waals surface area contributed by atoms with E-state index in [1.807, 2.05) is 10.7 Å². The molecule has 2 aromatic heterocycles. The second kappa shape index (κ2) is 7.32. The number of anilines is 1. The molecule has 9 heteroatoms. The molecule has 0 saturated carbocycles. The summed E-state index contributed by atoms with van der Waals surface area (Å²) in [6.07, 6.45) is 9.75. The molecule has 0 radical (unpaired) electrons. The van der Waals surface area contributed by atoms with Crippen LogP contribution in [0.1, 0.15) is 38.1 Å². The van der Waals surface area contributed by atoms with Crippen LogP contribution in [0.3, 0.4) is 0 Å². The Kier molecular flexibility index (Phi) is 4.90. The number of nitrogens with zero attached hydrogens (tertiary/aromatic N) is 6. The molecule has 8 nitrogen and oxygen atoms in total. The summed E-state index contributed by atoms with van der Waals surface area (Å²) in [5, 5.41) is 4.22. The van der Waals surface area contributed by atoms with Crippen molar-refractivity contribution in [3.05, 3.63) is 31.0 Å². The summed E-state index contributed by atoms with van der Waals surface area (Å²) in [5.74, 6) is 0.833. The molecule has 0 aliphatic carbocycles. The van der Waals surface area contributed by atoms with Gasteiger partial charge in [0.15, 0.2) is 0 Å². The van der Waals surface area contributed by atoms with Gasteiger partial charge in [0.25, 0.3) is 0 Å². The zero-order valence-corrected chi connectivity index (χ0v) is 15.6. The van der Waals surface area contributed by atoms with Gasteiger partial charge in [-0.2, -0.15) is 9.40 Å². The van der Waals surface area contributed by atoms with Crippen LogP contribution < -0.4 is 4.90 Å². The average Bonchev–Trinajstić information content (AvgIpc) is 3.24. The normalized spacial score (nSPS) is 20.4. The molecule has 0 unspecified atom stereocenters. The van der Waals surface area contributed by atoms with Crippen LogP contribution in [0.5, 0.6) is 0 Å². The van der Waals surface area contributed by atoms with Gasteiger partial charge in [0.2, 0.25) is 10.0 Å². The summed E-state index contributed by atoms with van der Waals surface area (Å²) in [6, 6.07) is 3.88. The highest BCUT2D eigenvalue weighted by Crippen LogP contribution is 2.26. The maximum absolute atomic E-state index is 12.7. The van der Waals surface area contributed by atoms with Gasteiger partial charge in [0.1, 0.15) is 23.4 Å². The van der Waals surface area contributed by atoms with Crippen LogP contribution in [0.15, 0.2) is 35.9 Å². The summed E-state index contributed by atoms with van der Waals surface area (Å²) >= 11 is 0. The van der Waals surface area contributed by atoms with Gasteiger partial charge in [-0.1, -0.05) is 6.42 Å². The van der Waals surface area contributed by atoms with Crippen LogP contribution in [0.25, 0.3) is 0 Å². The first-order valence-corrected chi connectivity index (χ1v) is 10.6. The van der Waals surface area contributed by atoms with Gasteiger partial charge in [0.05, 0.1) is 6.04 Å². The van der Waals surface area contributed by atoms with Crippen molar-refractivity contribution in [2.75, 3.05) is 31.1 Å². The molecule has 0 atom stereocenters. The third-order valence-corrected chi connectivity index (χ3v) is 7.15. The molecule has 2 fully saturated rings. The fourth-order valence-corrected chi connectivity index (χ4v) is 5.19. The fourth-order valence-electron chi connectivity index (χ4n) is 3.73. The second-order valence-electron chi connectivity index (χ2n) is 6.91. The Hall–Kier alpha value is -2.00. The Morgan fingerprint density at radius 3 is 2.38 bits per heavy atom. The summed E-state index contributed by atoms with van der Waals surface area (Å²) in [6.45, 7) is 2.96. The van der Waals surface area contributed by atoms with Gasteiger partial charge >= 0.3 is 0 Å². The Bertz CT molecular complexity index is 807. The SMILES string of the molecule is O=S(=O)(c1ccc(N2CCC(n3cncn3)CC2)nc1)N1CCCCC1. The van der Waals surface area contributed by atoms with Crippen molar-refractivity contribution in [1.82, 2.24) is 24.1 Å². The van der Waals surface area contributed by atoms with Crippen LogP contribution in [-0.4, -0.2) is 58.7 Å². The number of hydrogen-bond acceptors (Lipinski definition) is 6. The van der Waals surface area contributed by atoms with Crippen molar-refractivity contribution in [2.24, 2.45) is 0 Å². The molecule has 2 aliphatic rings. The van der Waals surface area contributed by atoms with Gasteiger partial charge in [0, 0.05) is 32.4 Å². The highest BCUT2D eigenvalue weighted by atomic mass is 32.2. The lowest BCUT2D eigenvalue weighted by Crippen LogP contribution is -2.36. The van der Waals surface area contributed by atoms with E-state index in [-0.39, 0.29) is 0 Å². The second-order valence-corrected chi connectivity index (χ2v) is 8.85. The molecule has 2 aromatic rings. The first kappa shape index (κ1) is 17.4. The third-order valence-electron chi connectivity index (χ3n) is 5.27. The molecule has 0 bridgehead atoms. The van der Waals surface area contributed by atoms with Crippen molar-refractivity contribution >= 4 is 15.8 Å². The predicted molar refractivity (Wildman–Crippen MR) is 97.4 cm³/mol. The summed E-state index contributed by atoms with van der Waals surface area (Å²) in [7, 11) is -3.41. The Morgan fingerprint density at radius 2 is 1.77 bits per heavy atom. The summed E-state index contributed by atoms with van der Waals surface area (Å²) in [5.41, 5.74) is 0. The van der Waals surface area contributed by atoms with E-state index in [0.717, 1.165) is 51.0 Å². The van der Waals surface area contributed by atoms with Crippen LogP contribution >= 0.6 is 0 Å². The maximum Gasteiger partial charge on any atom is 0.244 e. The van der Waals surface area contributed by atoms with Crippen molar-refractivity contribution in [3.8, 4) is 0 Å². The number of hydrogen-bond donors (Lipinski definition) is 0. The molecule has 0 spiro atoms. The minimum Gasteiger partial charge on any atom is -0.356 e. The quantitative estimate of drug-likeness (QED) is 0.807. The van der Waals surface area contributed by atoms with Gasteiger partial charge in [-0.3, -0.25) is 0 Å². The van der Waals surface area contributed by atoms with E-state index in [9.17, 15) is 8.42 Å². The predicted octanol–water partition coefficient (Wildman–Crippen LogP) is 1.69. The lowest BCUT2D eigenvalue weighted by atomic mass is 10.1. The summed E-state index contributed by atoms with van der Waals surface area (Å²) < 4.78 is 28.9. The monoisotopic (exact) mass is 376 g/mol. The molecule has 140 valence electrons. The Morgan fingerprint density at radius 1 is 1.00 bits per heavy atom. The number of sulfonamides is 1. The molecule has 2 saturated heterocycles. The van der Waals surface area contributed by atoms with Crippen LogP contribution in [0.2, 0.25) is 0 Å². The summed E-state index contributed by atoms with van der Waals surface area (Å²) in [4.78, 5) is 10.9.